The molecule has 0 aliphatic heterocycles. The van der Waals surface area contributed by atoms with E-state index < -0.39 is 6.10 Å². The molecule has 0 bridgehead atoms. The maximum absolute atomic E-state index is 11.7. The highest BCUT2D eigenvalue weighted by molar-refractivity contribution is 5.94. The van der Waals surface area contributed by atoms with E-state index in [2.05, 4.69) is 17.2 Å². The Kier molecular flexibility index (Phi) is 5.37. The van der Waals surface area contributed by atoms with Gasteiger partial charge in [-0.05, 0) is 31.5 Å². The molecule has 0 fully saturated rings. The van der Waals surface area contributed by atoms with Crippen molar-refractivity contribution in [1.29, 1.82) is 0 Å². The van der Waals surface area contributed by atoms with Gasteiger partial charge in [-0.3, -0.25) is 4.79 Å². The molecule has 4 heteroatoms. The second kappa shape index (κ2) is 6.80. The molecule has 0 radical (unpaired) electrons. The minimum absolute atomic E-state index is 0.176. The molecule has 0 aromatic heterocycles. The average Bonchev–Trinajstić information content (AvgIpc) is 2.38. The number of carbonyl (C=O) groups is 1. The van der Waals surface area contributed by atoms with Crippen LogP contribution in [0.5, 0.6) is 0 Å². The molecule has 1 amide bonds. The highest BCUT2D eigenvalue weighted by atomic mass is 16.5. The van der Waals surface area contributed by atoms with E-state index in [1.807, 2.05) is 25.1 Å². The van der Waals surface area contributed by atoms with Crippen molar-refractivity contribution in [2.24, 2.45) is 5.73 Å². The number of anilines is 1. The Balaban J connectivity index is 2.91. The van der Waals surface area contributed by atoms with Crippen LogP contribution in [0.4, 0.5) is 5.69 Å². The molecule has 1 atom stereocenters. The van der Waals surface area contributed by atoms with Crippen LogP contribution < -0.4 is 11.1 Å². The number of hydrogen-bond donors (Lipinski definition) is 2. The zero-order valence-corrected chi connectivity index (χ0v) is 10.9. The minimum atomic E-state index is -0.483. The van der Waals surface area contributed by atoms with E-state index >= 15 is 0 Å². The van der Waals surface area contributed by atoms with Crippen LogP contribution in [-0.4, -0.2) is 25.7 Å². The van der Waals surface area contributed by atoms with Gasteiger partial charge in [0.15, 0.2) is 0 Å². The summed E-state index contributed by atoms with van der Waals surface area (Å²) >= 11 is 0. The lowest BCUT2D eigenvalue weighted by atomic mass is 10.1. The fourth-order valence-electron chi connectivity index (χ4n) is 1.33. The van der Waals surface area contributed by atoms with Crippen molar-refractivity contribution in [3.63, 3.8) is 0 Å². The Hall–Kier alpha value is -1.83. The molecular weight excluding hydrogens is 228 g/mol. The zero-order valence-electron chi connectivity index (χ0n) is 10.9. The maximum Gasteiger partial charge on any atom is 0.253 e. The second-order valence-electron chi connectivity index (χ2n) is 3.90. The van der Waals surface area contributed by atoms with Crippen LogP contribution in [0.3, 0.4) is 0 Å². The molecule has 96 valence electrons. The molecule has 1 rings (SSSR count). The maximum atomic E-state index is 11.7. The van der Waals surface area contributed by atoms with Gasteiger partial charge in [-0.1, -0.05) is 17.9 Å². The first-order chi connectivity index (χ1) is 8.58. The number of methoxy groups -OCH3 is 1. The lowest BCUT2D eigenvalue weighted by Gasteiger charge is -2.12. The number of amides is 1. The van der Waals surface area contributed by atoms with Gasteiger partial charge in [-0.25, -0.2) is 0 Å². The molecule has 0 aliphatic rings. The Morgan fingerprint density at radius 2 is 2.28 bits per heavy atom. The van der Waals surface area contributed by atoms with Crippen LogP contribution in [0.15, 0.2) is 18.2 Å². The van der Waals surface area contributed by atoms with Crippen LogP contribution in [0.1, 0.15) is 18.1 Å². The third kappa shape index (κ3) is 3.88. The number of rotatable bonds is 3. The number of nitrogens with one attached hydrogen (secondary N) is 1. The molecule has 0 saturated heterocycles. The lowest BCUT2D eigenvalue weighted by Crippen LogP contribution is -2.26. The van der Waals surface area contributed by atoms with E-state index in [0.717, 1.165) is 16.8 Å². The van der Waals surface area contributed by atoms with Crippen molar-refractivity contribution in [2.75, 3.05) is 19.0 Å². The average molecular weight is 246 g/mol. The summed E-state index contributed by atoms with van der Waals surface area (Å²) in [6.07, 6.45) is -0.483. The molecule has 0 spiro atoms. The quantitative estimate of drug-likeness (QED) is 0.790. The molecule has 0 heterocycles. The number of ether oxygens (including phenoxy) is 1. The summed E-state index contributed by atoms with van der Waals surface area (Å²) < 4.78 is 4.96. The van der Waals surface area contributed by atoms with E-state index in [0.29, 0.717) is 6.54 Å². The van der Waals surface area contributed by atoms with Gasteiger partial charge in [-0.2, -0.15) is 0 Å². The molecule has 1 aromatic rings. The standard InChI is InChI=1S/C14H18N2O2/c1-10-6-7-12(5-4-8-15)9-13(10)16-14(17)11(2)18-3/h6-7,9,11H,8,15H2,1-3H3,(H,16,17). The monoisotopic (exact) mass is 246 g/mol. The summed E-state index contributed by atoms with van der Waals surface area (Å²) in [5.41, 5.74) is 7.87. The molecule has 4 nitrogen and oxygen atoms in total. The first-order valence-electron chi connectivity index (χ1n) is 5.71. The Morgan fingerprint density at radius 1 is 1.56 bits per heavy atom. The molecule has 18 heavy (non-hydrogen) atoms. The van der Waals surface area contributed by atoms with Gasteiger partial charge in [0, 0.05) is 18.4 Å². The lowest BCUT2D eigenvalue weighted by molar-refractivity contribution is -0.124. The van der Waals surface area contributed by atoms with Crippen LogP contribution in [0, 0.1) is 18.8 Å². The fourth-order valence-corrected chi connectivity index (χ4v) is 1.33. The Morgan fingerprint density at radius 3 is 2.89 bits per heavy atom. The Labute approximate surface area is 108 Å². The molecule has 1 aromatic carbocycles. The van der Waals surface area contributed by atoms with Crippen LogP contribution in [0.2, 0.25) is 0 Å². The summed E-state index contributed by atoms with van der Waals surface area (Å²) in [6.45, 7) is 3.94. The number of hydrogen-bond acceptors (Lipinski definition) is 3. The van der Waals surface area contributed by atoms with Gasteiger partial charge in [0.05, 0.1) is 6.54 Å². The van der Waals surface area contributed by atoms with E-state index in [1.165, 1.54) is 7.11 Å². The van der Waals surface area contributed by atoms with E-state index in [1.54, 1.807) is 6.92 Å². The Bertz CT molecular complexity index is 486. The SMILES string of the molecule is COC(C)C(=O)Nc1cc(C#CCN)ccc1C. The summed E-state index contributed by atoms with van der Waals surface area (Å²) in [6, 6.07) is 5.64. The second-order valence-corrected chi connectivity index (χ2v) is 3.90. The normalized spacial score (nSPS) is 11.3. The largest absolute Gasteiger partial charge is 0.372 e. The molecule has 1 unspecified atom stereocenters. The third-order valence-corrected chi connectivity index (χ3v) is 2.55. The van der Waals surface area contributed by atoms with Gasteiger partial charge >= 0.3 is 0 Å². The number of benzene rings is 1. The smallest absolute Gasteiger partial charge is 0.253 e. The van der Waals surface area contributed by atoms with E-state index in [4.69, 9.17) is 10.5 Å². The van der Waals surface area contributed by atoms with Crippen molar-refractivity contribution in [3.8, 4) is 11.8 Å². The minimum Gasteiger partial charge on any atom is -0.372 e. The number of nitrogens with two attached hydrogens (primary N) is 1. The van der Waals surface area contributed by atoms with Gasteiger partial charge in [0.1, 0.15) is 6.10 Å². The van der Waals surface area contributed by atoms with Crippen molar-refractivity contribution in [3.05, 3.63) is 29.3 Å². The number of aryl methyl sites for hydroxylation is 1. The highest BCUT2D eigenvalue weighted by Crippen LogP contribution is 2.16. The van der Waals surface area contributed by atoms with E-state index in [-0.39, 0.29) is 5.91 Å². The highest BCUT2D eigenvalue weighted by Gasteiger charge is 2.12. The third-order valence-electron chi connectivity index (χ3n) is 2.55. The first-order valence-corrected chi connectivity index (χ1v) is 5.71. The summed E-state index contributed by atoms with van der Waals surface area (Å²) in [5.74, 6) is 5.53. The van der Waals surface area contributed by atoms with E-state index in [9.17, 15) is 4.79 Å². The summed E-state index contributed by atoms with van der Waals surface area (Å²) in [7, 11) is 1.50. The van der Waals surface area contributed by atoms with Crippen molar-refractivity contribution in [2.45, 2.75) is 20.0 Å². The van der Waals surface area contributed by atoms with Crippen molar-refractivity contribution >= 4 is 11.6 Å². The molecule has 0 saturated carbocycles. The molecular formula is C14H18N2O2. The van der Waals surface area contributed by atoms with Crippen molar-refractivity contribution in [1.82, 2.24) is 0 Å². The predicted octanol–water partition coefficient (Wildman–Crippen LogP) is 1.28. The first kappa shape index (κ1) is 14.2. The van der Waals surface area contributed by atoms with Crippen LogP contribution in [-0.2, 0) is 9.53 Å². The fraction of sp³-hybridized carbons (Fsp3) is 0.357. The zero-order chi connectivity index (χ0) is 13.5. The predicted molar refractivity (Wildman–Crippen MR) is 72.2 cm³/mol. The summed E-state index contributed by atoms with van der Waals surface area (Å²) in [4.78, 5) is 11.7. The van der Waals surface area contributed by atoms with Crippen LogP contribution in [0.25, 0.3) is 0 Å². The number of carbonyl (C=O) groups excluding carboxylic acids is 1. The van der Waals surface area contributed by atoms with Crippen LogP contribution >= 0.6 is 0 Å². The summed E-state index contributed by atoms with van der Waals surface area (Å²) in [5, 5.41) is 2.81. The van der Waals surface area contributed by atoms with Crippen molar-refractivity contribution < 1.29 is 9.53 Å². The van der Waals surface area contributed by atoms with Gasteiger partial charge < -0.3 is 15.8 Å². The molecule has 3 N–H and O–H groups in total. The van der Waals surface area contributed by atoms with Gasteiger partial charge in [-0.15, -0.1) is 0 Å². The topological polar surface area (TPSA) is 64.3 Å². The van der Waals surface area contributed by atoms with Gasteiger partial charge in [0.25, 0.3) is 5.91 Å². The van der Waals surface area contributed by atoms with Gasteiger partial charge in [0.2, 0.25) is 0 Å². The molecule has 0 aliphatic carbocycles.